The van der Waals surface area contributed by atoms with E-state index in [1.54, 1.807) is 41.8 Å². The predicted octanol–water partition coefficient (Wildman–Crippen LogP) is 5.02. The van der Waals surface area contributed by atoms with Gasteiger partial charge in [0.1, 0.15) is 0 Å². The predicted molar refractivity (Wildman–Crippen MR) is 103 cm³/mol. The molecule has 1 amide bonds. The van der Waals surface area contributed by atoms with Crippen LogP contribution in [0.15, 0.2) is 60.0 Å². The molecule has 0 saturated carbocycles. The topological polar surface area (TPSA) is 85.1 Å². The second kappa shape index (κ2) is 7.90. The quantitative estimate of drug-likeness (QED) is 0.379. The van der Waals surface area contributed by atoms with E-state index in [2.05, 4.69) is 10.3 Å². The second-order valence-electron chi connectivity index (χ2n) is 5.22. The van der Waals surface area contributed by atoms with Gasteiger partial charge in [0.05, 0.1) is 10.6 Å². The third-order valence-corrected chi connectivity index (χ3v) is 4.38. The summed E-state index contributed by atoms with van der Waals surface area (Å²) in [5, 5.41) is 16.2. The van der Waals surface area contributed by atoms with Gasteiger partial charge < -0.3 is 0 Å². The Kier molecular flexibility index (Phi) is 5.40. The van der Waals surface area contributed by atoms with Gasteiger partial charge in [-0.3, -0.25) is 20.2 Å². The lowest BCUT2D eigenvalue weighted by molar-refractivity contribution is -0.384. The van der Waals surface area contributed by atoms with Gasteiger partial charge in [-0.25, -0.2) is 4.98 Å². The highest BCUT2D eigenvalue weighted by atomic mass is 35.5. The van der Waals surface area contributed by atoms with Crippen molar-refractivity contribution in [2.75, 3.05) is 5.32 Å². The Morgan fingerprint density at radius 3 is 2.69 bits per heavy atom. The summed E-state index contributed by atoms with van der Waals surface area (Å²) in [5.74, 6) is -0.311. The lowest BCUT2D eigenvalue weighted by atomic mass is 10.1. The molecule has 1 N–H and O–H groups in total. The van der Waals surface area contributed by atoms with Crippen LogP contribution in [0, 0.1) is 10.1 Å². The van der Waals surface area contributed by atoms with E-state index in [1.165, 1.54) is 29.5 Å². The maximum absolute atomic E-state index is 12.0. The van der Waals surface area contributed by atoms with Gasteiger partial charge in [0.2, 0.25) is 5.91 Å². The lowest BCUT2D eigenvalue weighted by Crippen LogP contribution is -2.07. The number of thiazole rings is 1. The molecule has 6 nitrogen and oxygen atoms in total. The molecule has 0 aliphatic carbocycles. The number of nitro benzene ring substituents is 1. The van der Waals surface area contributed by atoms with E-state index >= 15 is 0 Å². The van der Waals surface area contributed by atoms with Crippen LogP contribution in [0.2, 0.25) is 5.02 Å². The number of carbonyl (C=O) groups excluding carboxylic acids is 1. The first-order chi connectivity index (χ1) is 12.5. The van der Waals surface area contributed by atoms with Crippen LogP contribution in [-0.2, 0) is 4.79 Å². The zero-order valence-electron chi connectivity index (χ0n) is 13.3. The molecule has 0 atom stereocenters. The highest BCUT2D eigenvalue weighted by Crippen LogP contribution is 2.26. The lowest BCUT2D eigenvalue weighted by Gasteiger charge is -1.98. The molecule has 26 heavy (non-hydrogen) atoms. The van der Waals surface area contributed by atoms with Crippen molar-refractivity contribution in [3.63, 3.8) is 0 Å². The molecule has 3 rings (SSSR count). The number of hydrogen-bond acceptors (Lipinski definition) is 5. The molecule has 1 aromatic heterocycles. The van der Waals surface area contributed by atoms with Crippen molar-refractivity contribution >= 4 is 45.7 Å². The first kappa shape index (κ1) is 17.8. The Hall–Kier alpha value is -3.03. The number of halogens is 1. The summed E-state index contributed by atoms with van der Waals surface area (Å²) < 4.78 is 0. The van der Waals surface area contributed by atoms with Crippen molar-refractivity contribution in [1.82, 2.24) is 4.98 Å². The molecule has 0 unspecified atom stereocenters. The van der Waals surface area contributed by atoms with Crippen LogP contribution >= 0.6 is 22.9 Å². The van der Waals surface area contributed by atoms with E-state index < -0.39 is 4.92 Å². The molecule has 3 aromatic rings. The van der Waals surface area contributed by atoms with Crippen molar-refractivity contribution in [1.29, 1.82) is 0 Å². The minimum atomic E-state index is -0.456. The number of nitrogens with one attached hydrogen (secondary N) is 1. The molecule has 130 valence electrons. The number of non-ortho nitro benzene ring substituents is 1. The zero-order chi connectivity index (χ0) is 18.5. The van der Waals surface area contributed by atoms with Gasteiger partial charge in [-0.05, 0) is 35.9 Å². The molecular weight excluding hydrogens is 374 g/mol. The Morgan fingerprint density at radius 2 is 2.00 bits per heavy atom. The number of benzene rings is 2. The van der Waals surface area contributed by atoms with Gasteiger partial charge in [0, 0.05) is 34.2 Å². The molecule has 0 aliphatic rings. The summed E-state index contributed by atoms with van der Waals surface area (Å²) in [5.41, 5.74) is 2.21. The van der Waals surface area contributed by atoms with Gasteiger partial charge in [0.25, 0.3) is 5.69 Å². The number of amides is 1. The smallest absolute Gasteiger partial charge is 0.269 e. The van der Waals surface area contributed by atoms with Crippen molar-refractivity contribution in [2.45, 2.75) is 0 Å². The number of nitro groups is 1. The SMILES string of the molecule is O=C(C=Cc1cccc(Cl)c1)Nc1nc(-c2ccc([N+](=O)[O-])cc2)cs1. The number of rotatable bonds is 5. The van der Waals surface area contributed by atoms with Gasteiger partial charge in [-0.1, -0.05) is 23.7 Å². The van der Waals surface area contributed by atoms with Crippen LogP contribution in [0.3, 0.4) is 0 Å². The normalized spacial score (nSPS) is 10.8. The first-order valence-corrected chi connectivity index (χ1v) is 8.72. The molecule has 0 aliphatic heterocycles. The number of carbonyl (C=O) groups is 1. The largest absolute Gasteiger partial charge is 0.298 e. The fraction of sp³-hybridized carbons (Fsp3) is 0. The van der Waals surface area contributed by atoms with E-state index in [4.69, 9.17) is 11.6 Å². The van der Waals surface area contributed by atoms with Gasteiger partial charge >= 0.3 is 0 Å². The fourth-order valence-corrected chi connectivity index (χ4v) is 3.07. The van der Waals surface area contributed by atoms with Crippen LogP contribution < -0.4 is 5.32 Å². The molecular formula is C18H12ClN3O3S. The average Bonchev–Trinajstić information content (AvgIpc) is 3.08. The molecule has 0 radical (unpaired) electrons. The summed E-state index contributed by atoms with van der Waals surface area (Å²) in [6.45, 7) is 0. The summed E-state index contributed by atoms with van der Waals surface area (Å²) >= 11 is 7.17. The van der Waals surface area contributed by atoms with E-state index in [0.29, 0.717) is 15.8 Å². The van der Waals surface area contributed by atoms with Gasteiger partial charge in [-0.15, -0.1) is 11.3 Å². The third kappa shape index (κ3) is 4.53. The summed E-state index contributed by atoms with van der Waals surface area (Å²) in [7, 11) is 0. The van der Waals surface area contributed by atoms with Crippen molar-refractivity contribution < 1.29 is 9.72 Å². The standard InChI is InChI=1S/C18H12ClN3O3S/c19-14-3-1-2-12(10-14)4-9-17(23)21-18-20-16(11-26-18)13-5-7-15(8-6-13)22(24)25/h1-11H,(H,20,21,23). The highest BCUT2D eigenvalue weighted by molar-refractivity contribution is 7.14. The minimum Gasteiger partial charge on any atom is -0.298 e. The Morgan fingerprint density at radius 1 is 1.23 bits per heavy atom. The first-order valence-electron chi connectivity index (χ1n) is 7.46. The fourth-order valence-electron chi connectivity index (χ4n) is 2.15. The molecule has 2 aromatic carbocycles. The Labute approximate surface area is 157 Å². The molecule has 0 bridgehead atoms. The number of anilines is 1. The maximum Gasteiger partial charge on any atom is 0.269 e. The van der Waals surface area contributed by atoms with Crippen LogP contribution in [-0.4, -0.2) is 15.8 Å². The van der Waals surface area contributed by atoms with Gasteiger partial charge in [0.15, 0.2) is 5.13 Å². The number of aromatic nitrogens is 1. The molecule has 0 saturated heterocycles. The zero-order valence-corrected chi connectivity index (χ0v) is 14.8. The van der Waals surface area contributed by atoms with Crippen molar-refractivity contribution in [2.24, 2.45) is 0 Å². The van der Waals surface area contributed by atoms with E-state index in [1.807, 2.05) is 6.07 Å². The molecule has 0 fully saturated rings. The number of hydrogen-bond donors (Lipinski definition) is 1. The second-order valence-corrected chi connectivity index (χ2v) is 6.51. The van der Waals surface area contributed by atoms with E-state index in [0.717, 1.165) is 11.1 Å². The van der Waals surface area contributed by atoms with Gasteiger partial charge in [-0.2, -0.15) is 0 Å². The molecule has 1 heterocycles. The summed E-state index contributed by atoms with van der Waals surface area (Å²) in [6, 6.07) is 13.2. The Balaban J connectivity index is 1.66. The van der Waals surface area contributed by atoms with E-state index in [-0.39, 0.29) is 11.6 Å². The summed E-state index contributed by atoms with van der Waals surface area (Å²) in [4.78, 5) is 26.6. The van der Waals surface area contributed by atoms with Crippen LogP contribution in [0.1, 0.15) is 5.56 Å². The van der Waals surface area contributed by atoms with E-state index in [9.17, 15) is 14.9 Å². The Bertz CT molecular complexity index is 983. The number of nitrogens with zero attached hydrogens (tertiary/aromatic N) is 2. The van der Waals surface area contributed by atoms with Crippen LogP contribution in [0.4, 0.5) is 10.8 Å². The average molecular weight is 386 g/mol. The third-order valence-electron chi connectivity index (χ3n) is 3.38. The van der Waals surface area contributed by atoms with Crippen LogP contribution in [0.5, 0.6) is 0 Å². The minimum absolute atomic E-state index is 0.0173. The molecule has 8 heteroatoms. The summed E-state index contributed by atoms with van der Waals surface area (Å²) in [6.07, 6.45) is 3.06. The maximum atomic E-state index is 12.0. The van der Waals surface area contributed by atoms with Crippen LogP contribution in [0.25, 0.3) is 17.3 Å². The van der Waals surface area contributed by atoms with Crippen molar-refractivity contribution in [3.05, 3.63) is 80.7 Å². The highest BCUT2D eigenvalue weighted by Gasteiger charge is 2.09. The van der Waals surface area contributed by atoms with Crippen molar-refractivity contribution in [3.8, 4) is 11.3 Å². The monoisotopic (exact) mass is 385 g/mol. The molecule has 0 spiro atoms.